The summed E-state index contributed by atoms with van der Waals surface area (Å²) in [5.74, 6) is 0.812. The zero-order valence-corrected chi connectivity index (χ0v) is 21.5. The van der Waals surface area contributed by atoms with Crippen LogP contribution in [0.25, 0.3) is 10.3 Å². The van der Waals surface area contributed by atoms with E-state index in [1.807, 2.05) is 42.8 Å². The van der Waals surface area contributed by atoms with Crippen molar-refractivity contribution in [1.82, 2.24) is 10.3 Å². The van der Waals surface area contributed by atoms with Crippen molar-refractivity contribution in [3.8, 4) is 0 Å². The zero-order chi connectivity index (χ0) is 24.8. The maximum Gasteiger partial charge on any atom is 0.386 e. The molecule has 0 amide bonds. The molecule has 35 heavy (non-hydrogen) atoms. The molecular weight excluding hydrogens is 456 g/mol. The van der Waals surface area contributed by atoms with E-state index in [-0.39, 0.29) is 12.3 Å². The van der Waals surface area contributed by atoms with Crippen LogP contribution in [0.3, 0.4) is 0 Å². The molecule has 4 rings (SSSR count). The zero-order valence-electron chi connectivity index (χ0n) is 20.7. The first-order valence-corrected chi connectivity index (χ1v) is 13.3. The summed E-state index contributed by atoms with van der Waals surface area (Å²) in [5, 5.41) is 14.2. The van der Waals surface area contributed by atoms with Crippen molar-refractivity contribution >= 4 is 32.7 Å². The summed E-state index contributed by atoms with van der Waals surface area (Å²) < 4.78 is 2.04. The van der Waals surface area contributed by atoms with Crippen LogP contribution in [0.4, 0.5) is 5.13 Å². The molecule has 1 aliphatic rings. The van der Waals surface area contributed by atoms with Gasteiger partial charge in [0.25, 0.3) is 0 Å². The highest BCUT2D eigenvalue weighted by atomic mass is 32.1. The molecule has 1 aliphatic carbocycles. The normalized spacial score (nSPS) is 20.9. The summed E-state index contributed by atoms with van der Waals surface area (Å²) >= 11 is 1.55. The first-order chi connectivity index (χ1) is 16.9. The number of amidine groups is 1. The van der Waals surface area contributed by atoms with Gasteiger partial charge in [-0.1, -0.05) is 43.2 Å². The summed E-state index contributed by atoms with van der Waals surface area (Å²) in [6.07, 6.45) is 8.28. The van der Waals surface area contributed by atoms with Gasteiger partial charge >= 0.3 is 5.13 Å². The van der Waals surface area contributed by atoms with Crippen LogP contribution in [-0.4, -0.2) is 28.2 Å². The molecule has 0 bridgehead atoms. The van der Waals surface area contributed by atoms with Crippen LogP contribution < -0.4 is 21.4 Å². The molecule has 0 radical (unpaired) electrons. The molecular formula is C27H37N6OS+. The number of aromatic nitrogens is 2. The number of nitrogens with one attached hydrogen (secondary N) is 1. The Bertz CT molecular complexity index is 1190. The molecule has 8 heteroatoms. The summed E-state index contributed by atoms with van der Waals surface area (Å²) in [7, 11) is 1.99. The molecule has 6 N–H and O–H groups in total. The first kappa shape index (κ1) is 25.3. The lowest BCUT2D eigenvalue weighted by atomic mass is 9.87. The standard InChI is InChI=1S/C27H36N6OS/c1-18(28)30-21(16-19-8-4-3-5-9-19)17-25(29)32-27-33(2)24-15-14-23(31-26(24)35-27)20-10-6-7-11-22(34)13-12-20/h3-5,8-9,14-15,17-18,20,22,34H,6-7,10-13,16,28H2,1-2H3,(H2,29,30)/p+1. The molecule has 3 atom stereocenters. The average molecular weight is 494 g/mol. The minimum atomic E-state index is -0.199. The van der Waals surface area contributed by atoms with Gasteiger partial charge in [0.05, 0.1) is 19.3 Å². The Morgan fingerprint density at radius 2 is 1.97 bits per heavy atom. The van der Waals surface area contributed by atoms with E-state index in [9.17, 15) is 5.11 Å². The lowest BCUT2D eigenvalue weighted by Crippen LogP contribution is -2.35. The molecule has 7 nitrogen and oxygen atoms in total. The monoisotopic (exact) mass is 493 g/mol. The van der Waals surface area contributed by atoms with Gasteiger partial charge in [-0.15, -0.1) is 0 Å². The molecule has 2 heterocycles. The number of pyridine rings is 1. The highest BCUT2D eigenvalue weighted by Gasteiger charge is 2.22. The number of nitrogens with zero attached hydrogens (tertiary/aromatic N) is 3. The number of rotatable bonds is 7. The van der Waals surface area contributed by atoms with Gasteiger partial charge < -0.3 is 21.9 Å². The predicted molar refractivity (Wildman–Crippen MR) is 144 cm³/mol. The molecule has 0 spiro atoms. The Kier molecular flexibility index (Phi) is 8.49. The van der Waals surface area contributed by atoms with E-state index in [2.05, 4.69) is 29.6 Å². The van der Waals surface area contributed by atoms with Crippen molar-refractivity contribution in [2.45, 2.75) is 70.1 Å². The van der Waals surface area contributed by atoms with Gasteiger partial charge in [-0.05, 0) is 66.6 Å². The number of hydrogen-bond acceptors (Lipinski definition) is 6. The van der Waals surface area contributed by atoms with Crippen molar-refractivity contribution in [2.75, 3.05) is 0 Å². The van der Waals surface area contributed by atoms with E-state index in [1.165, 1.54) is 5.56 Å². The summed E-state index contributed by atoms with van der Waals surface area (Å²) in [5.41, 5.74) is 16.6. The maximum absolute atomic E-state index is 10.1. The Balaban J connectivity index is 1.58. The highest BCUT2D eigenvalue weighted by Crippen LogP contribution is 2.32. The van der Waals surface area contributed by atoms with E-state index in [4.69, 9.17) is 21.4 Å². The van der Waals surface area contributed by atoms with Gasteiger partial charge in [0.2, 0.25) is 5.84 Å². The number of nitrogens with two attached hydrogens (primary N) is 2. The molecule has 2 aromatic heterocycles. The smallest absolute Gasteiger partial charge is 0.386 e. The van der Waals surface area contributed by atoms with Crippen molar-refractivity contribution in [2.24, 2.45) is 23.5 Å². The second-order valence-electron chi connectivity index (χ2n) is 9.52. The minimum absolute atomic E-state index is 0.179. The van der Waals surface area contributed by atoms with Crippen molar-refractivity contribution in [1.29, 1.82) is 0 Å². The molecule has 3 aromatic rings. The number of allylic oxidation sites excluding steroid dienone is 1. The SMILES string of the molecule is CC(N)NC(=CC(N)=Nc1sc2nc(C3CCCCC(O)CC3)ccc2[n+]1C)Cc1ccccc1. The number of hydrogen-bond donors (Lipinski definition) is 4. The van der Waals surface area contributed by atoms with E-state index in [1.54, 1.807) is 11.3 Å². The van der Waals surface area contributed by atoms with Crippen LogP contribution in [0.1, 0.15) is 62.6 Å². The molecule has 1 saturated carbocycles. The van der Waals surface area contributed by atoms with Crippen LogP contribution in [0.15, 0.2) is 59.2 Å². The van der Waals surface area contributed by atoms with Gasteiger partial charge in [-0.2, -0.15) is 0 Å². The van der Waals surface area contributed by atoms with E-state index in [0.717, 1.165) is 65.4 Å². The van der Waals surface area contributed by atoms with Crippen molar-refractivity contribution in [3.05, 3.63) is 65.5 Å². The van der Waals surface area contributed by atoms with Gasteiger partial charge in [-0.3, -0.25) is 0 Å². The average Bonchev–Trinajstić information content (AvgIpc) is 3.11. The maximum atomic E-state index is 10.1. The summed E-state index contributed by atoms with van der Waals surface area (Å²) in [6, 6.07) is 14.5. The Hall–Kier alpha value is -2.81. The van der Waals surface area contributed by atoms with Crippen molar-refractivity contribution < 1.29 is 9.67 Å². The lowest BCUT2D eigenvalue weighted by molar-refractivity contribution is -0.627. The van der Waals surface area contributed by atoms with Gasteiger partial charge in [0.1, 0.15) is 0 Å². The van der Waals surface area contributed by atoms with Crippen LogP contribution >= 0.6 is 11.3 Å². The minimum Gasteiger partial charge on any atom is -0.393 e. The Labute approximate surface area is 211 Å². The first-order valence-electron chi connectivity index (χ1n) is 12.5. The number of aryl methyl sites for hydroxylation is 1. The summed E-state index contributed by atoms with van der Waals surface area (Å²) in [6.45, 7) is 1.90. The van der Waals surface area contributed by atoms with Crippen LogP contribution in [0.2, 0.25) is 0 Å². The van der Waals surface area contributed by atoms with Crippen LogP contribution in [0.5, 0.6) is 0 Å². The predicted octanol–water partition coefficient (Wildman–Crippen LogP) is 3.93. The van der Waals surface area contributed by atoms with E-state index < -0.39 is 0 Å². The molecule has 0 aliphatic heterocycles. The fourth-order valence-corrected chi connectivity index (χ4v) is 5.70. The number of aliphatic hydroxyl groups excluding tert-OH is 1. The number of fused-ring (bicyclic) bond motifs is 1. The number of aliphatic imine (C=N–C) groups is 1. The molecule has 0 saturated heterocycles. The Morgan fingerprint density at radius 3 is 2.74 bits per heavy atom. The quantitative estimate of drug-likeness (QED) is 0.172. The fraction of sp³-hybridized carbons (Fsp3) is 0.444. The second-order valence-corrected chi connectivity index (χ2v) is 10.5. The van der Waals surface area contributed by atoms with Gasteiger partial charge in [0.15, 0.2) is 10.3 Å². The van der Waals surface area contributed by atoms with Crippen molar-refractivity contribution in [3.63, 3.8) is 0 Å². The van der Waals surface area contributed by atoms with Crippen LogP contribution in [-0.2, 0) is 13.5 Å². The third-order valence-corrected chi connectivity index (χ3v) is 7.54. The topological polar surface area (TPSA) is 113 Å². The van der Waals surface area contributed by atoms with Crippen LogP contribution in [0, 0.1) is 0 Å². The number of aliphatic hydroxyl groups is 1. The molecule has 186 valence electrons. The third kappa shape index (κ3) is 6.87. The molecule has 1 fully saturated rings. The van der Waals surface area contributed by atoms with E-state index in [0.29, 0.717) is 18.2 Å². The molecule has 3 unspecified atom stereocenters. The number of thiazole rings is 1. The van der Waals surface area contributed by atoms with Gasteiger partial charge in [0, 0.05) is 29.8 Å². The second kappa shape index (κ2) is 11.7. The summed E-state index contributed by atoms with van der Waals surface area (Å²) in [4.78, 5) is 10.7. The number of benzene rings is 1. The van der Waals surface area contributed by atoms with Gasteiger partial charge in [-0.25, -0.2) is 9.55 Å². The lowest BCUT2D eigenvalue weighted by Gasteiger charge is -2.21. The Morgan fingerprint density at radius 1 is 1.20 bits per heavy atom. The fourth-order valence-electron chi connectivity index (χ4n) is 4.68. The highest BCUT2D eigenvalue weighted by molar-refractivity contribution is 7.21. The molecule has 1 aromatic carbocycles. The van der Waals surface area contributed by atoms with E-state index >= 15 is 0 Å². The third-order valence-electron chi connectivity index (χ3n) is 6.50. The largest absolute Gasteiger partial charge is 0.393 e.